The van der Waals surface area contributed by atoms with E-state index in [9.17, 15) is 9.59 Å². The molecule has 5 heteroatoms. The summed E-state index contributed by atoms with van der Waals surface area (Å²) in [5.41, 5.74) is 0.428. The van der Waals surface area contributed by atoms with Crippen molar-refractivity contribution in [3.05, 3.63) is 20.4 Å². The first kappa shape index (κ1) is 27.7. The number of nitrogens with zero attached hydrogens (tertiary/aromatic N) is 2. The molecule has 0 bridgehead atoms. The zero-order chi connectivity index (χ0) is 22.9. The van der Waals surface area contributed by atoms with Gasteiger partial charge in [0.25, 0.3) is 10.9 Å². The van der Waals surface area contributed by atoms with E-state index in [1.807, 2.05) is 26.0 Å². The van der Waals surface area contributed by atoms with E-state index in [4.69, 9.17) is 0 Å². The molecule has 1 rings (SSSR count). The molecule has 1 aromatic rings. The van der Waals surface area contributed by atoms with Crippen LogP contribution in [0.5, 0.6) is 0 Å². The average molecular weight is 436 g/mol. The Bertz CT molecular complexity index is 635. The quantitative estimate of drug-likeness (QED) is 0.202. The van der Waals surface area contributed by atoms with Crippen LogP contribution in [-0.2, 0) is 0 Å². The molecule has 0 spiro atoms. The molecule has 5 nitrogen and oxygen atoms in total. The van der Waals surface area contributed by atoms with Crippen molar-refractivity contribution in [2.75, 3.05) is 51.0 Å². The second kappa shape index (κ2) is 17.2. The molecule has 0 atom stereocenters. The first-order valence-electron chi connectivity index (χ1n) is 12.9. The normalized spacial score (nSPS) is 11.5. The average Bonchev–Trinajstić information content (AvgIpc) is 2.74. The summed E-state index contributed by atoms with van der Waals surface area (Å²) >= 11 is 0. The van der Waals surface area contributed by atoms with Crippen LogP contribution in [0.1, 0.15) is 103 Å². The van der Waals surface area contributed by atoms with E-state index < -0.39 is 0 Å². The van der Waals surface area contributed by atoms with Crippen LogP contribution in [-0.4, -0.2) is 45.7 Å². The lowest BCUT2D eigenvalue weighted by atomic mass is 10.0. The Morgan fingerprint density at radius 2 is 1.10 bits per heavy atom. The van der Waals surface area contributed by atoms with Crippen LogP contribution in [0.2, 0.25) is 0 Å². The minimum Gasteiger partial charge on any atom is -0.380 e. The largest absolute Gasteiger partial charge is 0.380 e. The highest BCUT2D eigenvalue weighted by molar-refractivity contribution is 5.74. The molecule has 1 aromatic carbocycles. The standard InChI is InChI=1S/C26H49N3O2/c1-5-6-7-8-9-10-11-12-13-14-15-16-17-18-20-27-23-24(26(31)25(23)30)29(4)22-19-21-28(2)3/h27H,5-22H2,1-4H3. The minimum atomic E-state index is -0.347. The van der Waals surface area contributed by atoms with Crippen LogP contribution in [0.3, 0.4) is 0 Å². The molecule has 0 saturated carbocycles. The van der Waals surface area contributed by atoms with Crippen LogP contribution in [0.25, 0.3) is 0 Å². The van der Waals surface area contributed by atoms with E-state index in [2.05, 4.69) is 17.1 Å². The van der Waals surface area contributed by atoms with Gasteiger partial charge in [-0.25, -0.2) is 0 Å². The van der Waals surface area contributed by atoms with Gasteiger partial charge in [-0.1, -0.05) is 90.4 Å². The molecule has 0 heterocycles. The lowest BCUT2D eigenvalue weighted by molar-refractivity contribution is 0.401. The van der Waals surface area contributed by atoms with Gasteiger partial charge in [-0.3, -0.25) is 9.59 Å². The minimum absolute atomic E-state index is 0.337. The van der Waals surface area contributed by atoms with E-state index in [0.29, 0.717) is 11.4 Å². The number of anilines is 2. The molecule has 0 aliphatic rings. The van der Waals surface area contributed by atoms with Crippen molar-refractivity contribution < 1.29 is 0 Å². The lowest BCUT2D eigenvalue weighted by Crippen LogP contribution is -2.42. The fraction of sp³-hybridized carbons (Fsp3) is 0.846. The van der Waals surface area contributed by atoms with Crippen molar-refractivity contribution in [2.45, 2.75) is 103 Å². The van der Waals surface area contributed by atoms with Crippen LogP contribution in [0, 0.1) is 0 Å². The molecule has 0 saturated heterocycles. The Hall–Kier alpha value is -1.36. The van der Waals surface area contributed by atoms with E-state index in [-0.39, 0.29) is 10.9 Å². The summed E-state index contributed by atoms with van der Waals surface area (Å²) in [6, 6.07) is 0. The van der Waals surface area contributed by atoms with Crippen molar-refractivity contribution in [3.63, 3.8) is 0 Å². The monoisotopic (exact) mass is 435 g/mol. The predicted molar refractivity (Wildman–Crippen MR) is 137 cm³/mol. The van der Waals surface area contributed by atoms with Crippen molar-refractivity contribution >= 4 is 11.4 Å². The maximum absolute atomic E-state index is 12.0. The molecule has 0 aromatic heterocycles. The first-order chi connectivity index (χ1) is 15.0. The van der Waals surface area contributed by atoms with Crippen LogP contribution in [0.4, 0.5) is 11.4 Å². The summed E-state index contributed by atoms with van der Waals surface area (Å²) in [6.07, 6.45) is 19.7. The molecule has 0 unspecified atom stereocenters. The van der Waals surface area contributed by atoms with E-state index >= 15 is 0 Å². The van der Waals surface area contributed by atoms with Crippen LogP contribution < -0.4 is 21.1 Å². The molecule has 0 aliphatic carbocycles. The van der Waals surface area contributed by atoms with Crippen molar-refractivity contribution in [2.24, 2.45) is 0 Å². The van der Waals surface area contributed by atoms with Crippen molar-refractivity contribution in [3.8, 4) is 0 Å². The maximum atomic E-state index is 12.0. The SMILES string of the molecule is CCCCCCCCCCCCCCCCNc1c(N(C)CCCN(C)C)c(=O)c1=O. The molecule has 0 aliphatic heterocycles. The smallest absolute Gasteiger partial charge is 0.253 e. The number of hydrogen-bond acceptors (Lipinski definition) is 5. The predicted octanol–water partition coefficient (Wildman–Crippen LogP) is 5.56. The molecular weight excluding hydrogens is 386 g/mol. The van der Waals surface area contributed by atoms with Gasteiger partial charge < -0.3 is 15.1 Å². The van der Waals surface area contributed by atoms with Crippen LogP contribution in [0.15, 0.2) is 9.59 Å². The summed E-state index contributed by atoms with van der Waals surface area (Å²) in [7, 11) is 5.99. The molecule has 0 radical (unpaired) electrons. The van der Waals surface area contributed by atoms with Gasteiger partial charge in [0.2, 0.25) is 0 Å². The fourth-order valence-electron chi connectivity index (χ4n) is 4.18. The van der Waals surface area contributed by atoms with Crippen LogP contribution >= 0.6 is 0 Å². The van der Waals surface area contributed by atoms with Crippen molar-refractivity contribution in [1.29, 1.82) is 0 Å². The Morgan fingerprint density at radius 1 is 0.613 bits per heavy atom. The Morgan fingerprint density at radius 3 is 1.58 bits per heavy atom. The zero-order valence-electron chi connectivity index (χ0n) is 20.9. The Labute approximate surface area is 191 Å². The summed E-state index contributed by atoms with van der Waals surface area (Å²) in [5.74, 6) is 0. The van der Waals surface area contributed by atoms with Gasteiger partial charge in [-0.05, 0) is 33.5 Å². The van der Waals surface area contributed by atoms with Gasteiger partial charge in [0.05, 0.1) is 0 Å². The molecule has 180 valence electrons. The highest BCUT2D eigenvalue weighted by atomic mass is 16.2. The van der Waals surface area contributed by atoms with E-state index in [1.54, 1.807) is 0 Å². The zero-order valence-corrected chi connectivity index (χ0v) is 20.9. The summed E-state index contributed by atoms with van der Waals surface area (Å²) in [5, 5.41) is 3.23. The number of nitrogens with one attached hydrogen (secondary N) is 1. The molecule has 1 N–H and O–H groups in total. The van der Waals surface area contributed by atoms with Gasteiger partial charge in [-0.15, -0.1) is 0 Å². The topological polar surface area (TPSA) is 52.6 Å². The Balaban J connectivity index is 2.03. The summed E-state index contributed by atoms with van der Waals surface area (Å²) in [6.45, 7) is 4.81. The second-order valence-corrected chi connectivity index (χ2v) is 9.48. The maximum Gasteiger partial charge on any atom is 0.253 e. The molecular formula is C26H49N3O2. The number of unbranched alkanes of at least 4 members (excludes halogenated alkanes) is 13. The number of rotatable bonds is 21. The first-order valence-corrected chi connectivity index (χ1v) is 12.9. The van der Waals surface area contributed by atoms with Gasteiger partial charge in [0.15, 0.2) is 0 Å². The third kappa shape index (κ3) is 11.7. The highest BCUT2D eigenvalue weighted by Gasteiger charge is 2.23. The third-order valence-corrected chi connectivity index (χ3v) is 6.20. The van der Waals surface area contributed by atoms with Gasteiger partial charge in [0.1, 0.15) is 11.4 Å². The molecule has 0 amide bonds. The van der Waals surface area contributed by atoms with E-state index in [1.165, 1.54) is 83.5 Å². The van der Waals surface area contributed by atoms with Gasteiger partial charge in [0, 0.05) is 20.1 Å². The lowest BCUT2D eigenvalue weighted by Gasteiger charge is -2.24. The number of hydrogen-bond donors (Lipinski definition) is 1. The van der Waals surface area contributed by atoms with Gasteiger partial charge >= 0.3 is 0 Å². The fourth-order valence-corrected chi connectivity index (χ4v) is 4.18. The Kier molecular flexibility index (Phi) is 15.4. The summed E-state index contributed by atoms with van der Waals surface area (Å²) < 4.78 is 0. The van der Waals surface area contributed by atoms with Crippen molar-refractivity contribution in [1.82, 2.24) is 4.90 Å². The third-order valence-electron chi connectivity index (χ3n) is 6.20. The molecule has 31 heavy (non-hydrogen) atoms. The molecule has 0 fully saturated rings. The van der Waals surface area contributed by atoms with Gasteiger partial charge in [-0.2, -0.15) is 0 Å². The highest BCUT2D eigenvalue weighted by Crippen LogP contribution is 2.19. The summed E-state index contributed by atoms with van der Waals surface area (Å²) in [4.78, 5) is 28.0. The second-order valence-electron chi connectivity index (χ2n) is 9.48. The van der Waals surface area contributed by atoms with E-state index in [0.717, 1.165) is 32.5 Å².